The fourth-order valence-corrected chi connectivity index (χ4v) is 1.73. The van der Waals surface area contributed by atoms with Crippen LogP contribution >= 0.6 is 22.6 Å². The van der Waals surface area contributed by atoms with E-state index in [2.05, 4.69) is 29.5 Å². The molecule has 0 aromatic rings. The lowest BCUT2D eigenvalue weighted by atomic mass is 10.1. The van der Waals surface area contributed by atoms with Gasteiger partial charge >= 0.3 is 0 Å². The summed E-state index contributed by atoms with van der Waals surface area (Å²) >= 11 is 2.45. The summed E-state index contributed by atoms with van der Waals surface area (Å²) in [6.45, 7) is 3.90. The van der Waals surface area contributed by atoms with Gasteiger partial charge in [-0.2, -0.15) is 0 Å². The molecule has 0 saturated heterocycles. The van der Waals surface area contributed by atoms with Crippen molar-refractivity contribution in [3.8, 4) is 0 Å². The molecule has 2 nitrogen and oxygen atoms in total. The Bertz CT molecular complexity index is 117. The van der Waals surface area contributed by atoms with Crippen LogP contribution in [0.1, 0.15) is 46.0 Å². The Morgan fingerprint density at radius 2 is 1.85 bits per heavy atom. The van der Waals surface area contributed by atoms with Crippen LogP contribution in [0, 0.1) is 0 Å². The molecule has 0 heterocycles. The van der Waals surface area contributed by atoms with Crippen molar-refractivity contribution in [3.05, 3.63) is 0 Å². The lowest BCUT2D eigenvalue weighted by Crippen LogP contribution is -2.15. The number of rotatable bonds is 7. The first-order chi connectivity index (χ1) is 6.06. The standard InChI is InChI=1S/C10H21IO2/c1-3-9(11)5-4-6-10(13)7-8(2)12/h8-10,12-13H,3-7H2,1-2H3. The van der Waals surface area contributed by atoms with E-state index in [1.165, 1.54) is 12.8 Å². The summed E-state index contributed by atoms with van der Waals surface area (Å²) < 4.78 is 0.733. The molecule has 3 atom stereocenters. The highest BCUT2D eigenvalue weighted by atomic mass is 127. The highest BCUT2D eigenvalue weighted by Crippen LogP contribution is 2.15. The van der Waals surface area contributed by atoms with Gasteiger partial charge in [0.25, 0.3) is 0 Å². The maximum Gasteiger partial charge on any atom is 0.0564 e. The minimum absolute atomic E-state index is 0.319. The van der Waals surface area contributed by atoms with E-state index in [-0.39, 0.29) is 12.2 Å². The molecule has 13 heavy (non-hydrogen) atoms. The summed E-state index contributed by atoms with van der Waals surface area (Å²) in [5, 5.41) is 18.5. The van der Waals surface area contributed by atoms with Crippen molar-refractivity contribution in [2.45, 2.75) is 62.1 Å². The molecule has 0 amide bonds. The zero-order valence-electron chi connectivity index (χ0n) is 8.54. The monoisotopic (exact) mass is 300 g/mol. The van der Waals surface area contributed by atoms with E-state index in [4.69, 9.17) is 5.11 Å². The Morgan fingerprint density at radius 3 is 2.31 bits per heavy atom. The van der Waals surface area contributed by atoms with Gasteiger partial charge in [0, 0.05) is 3.92 Å². The summed E-state index contributed by atoms with van der Waals surface area (Å²) in [7, 11) is 0. The molecule has 0 spiro atoms. The molecule has 0 radical (unpaired) electrons. The second-order valence-corrected chi connectivity index (χ2v) is 5.44. The van der Waals surface area contributed by atoms with Gasteiger partial charge in [-0.1, -0.05) is 29.5 Å². The minimum Gasteiger partial charge on any atom is -0.393 e. The van der Waals surface area contributed by atoms with Crippen LogP contribution in [0.15, 0.2) is 0 Å². The second kappa shape index (κ2) is 8.00. The quantitative estimate of drug-likeness (QED) is 0.560. The largest absolute Gasteiger partial charge is 0.393 e. The van der Waals surface area contributed by atoms with Crippen LogP contribution in [0.3, 0.4) is 0 Å². The summed E-state index contributed by atoms with van der Waals surface area (Å²) in [4.78, 5) is 0. The molecule has 0 aromatic heterocycles. The highest BCUT2D eigenvalue weighted by Gasteiger charge is 2.08. The molecule has 80 valence electrons. The van der Waals surface area contributed by atoms with Crippen LogP contribution in [0.4, 0.5) is 0 Å². The number of hydrogen-bond acceptors (Lipinski definition) is 2. The zero-order valence-corrected chi connectivity index (χ0v) is 10.7. The first-order valence-electron chi connectivity index (χ1n) is 5.06. The average Bonchev–Trinajstić information content (AvgIpc) is 2.02. The van der Waals surface area contributed by atoms with Crippen LogP contribution in [-0.4, -0.2) is 26.3 Å². The molecule has 0 saturated carbocycles. The summed E-state index contributed by atoms with van der Waals surface area (Å²) in [6, 6.07) is 0. The number of halogens is 1. The maximum absolute atomic E-state index is 9.44. The third kappa shape index (κ3) is 8.97. The van der Waals surface area contributed by atoms with Crippen molar-refractivity contribution >= 4 is 22.6 Å². The Balaban J connectivity index is 3.31. The molecule has 3 heteroatoms. The summed E-state index contributed by atoms with van der Waals surface area (Å²) in [6.07, 6.45) is 4.08. The van der Waals surface area contributed by atoms with Gasteiger partial charge in [-0.3, -0.25) is 0 Å². The molecule has 0 aliphatic carbocycles. The van der Waals surface area contributed by atoms with E-state index in [0.717, 1.165) is 16.8 Å². The van der Waals surface area contributed by atoms with Crippen LogP contribution in [0.5, 0.6) is 0 Å². The fraction of sp³-hybridized carbons (Fsp3) is 1.00. The van der Waals surface area contributed by atoms with Crippen molar-refractivity contribution < 1.29 is 10.2 Å². The topological polar surface area (TPSA) is 40.5 Å². The molecular weight excluding hydrogens is 279 g/mol. The van der Waals surface area contributed by atoms with Gasteiger partial charge in [0.15, 0.2) is 0 Å². The first kappa shape index (κ1) is 13.7. The van der Waals surface area contributed by atoms with Crippen LogP contribution in [-0.2, 0) is 0 Å². The van der Waals surface area contributed by atoms with Crippen molar-refractivity contribution in [2.24, 2.45) is 0 Å². The fourth-order valence-electron chi connectivity index (χ4n) is 1.29. The predicted molar refractivity (Wildman–Crippen MR) is 64.3 cm³/mol. The molecular formula is C10H21IO2. The SMILES string of the molecule is CCC(I)CCCC(O)CC(C)O. The van der Waals surface area contributed by atoms with Crippen molar-refractivity contribution in [1.82, 2.24) is 0 Å². The minimum atomic E-state index is -0.378. The van der Waals surface area contributed by atoms with E-state index < -0.39 is 0 Å². The molecule has 0 bridgehead atoms. The first-order valence-corrected chi connectivity index (χ1v) is 6.31. The van der Waals surface area contributed by atoms with E-state index in [9.17, 15) is 5.11 Å². The Kier molecular flexibility index (Phi) is 8.40. The van der Waals surface area contributed by atoms with Crippen molar-refractivity contribution in [2.75, 3.05) is 0 Å². The molecule has 0 aromatic carbocycles. The summed E-state index contributed by atoms with van der Waals surface area (Å²) in [5.74, 6) is 0. The van der Waals surface area contributed by atoms with Gasteiger partial charge in [-0.05, 0) is 39.0 Å². The van der Waals surface area contributed by atoms with Gasteiger partial charge in [0.2, 0.25) is 0 Å². The highest BCUT2D eigenvalue weighted by molar-refractivity contribution is 14.1. The molecule has 0 fully saturated rings. The van der Waals surface area contributed by atoms with Gasteiger partial charge in [0.1, 0.15) is 0 Å². The number of hydrogen-bond donors (Lipinski definition) is 2. The Morgan fingerprint density at radius 1 is 1.23 bits per heavy atom. The number of aliphatic hydroxyl groups is 2. The predicted octanol–water partition coefficient (Wildman–Crippen LogP) is 2.50. The molecule has 3 unspecified atom stereocenters. The maximum atomic E-state index is 9.44. The van der Waals surface area contributed by atoms with E-state index >= 15 is 0 Å². The van der Waals surface area contributed by atoms with Gasteiger partial charge in [0.05, 0.1) is 12.2 Å². The third-order valence-corrected chi connectivity index (χ3v) is 3.61. The van der Waals surface area contributed by atoms with Crippen molar-refractivity contribution in [1.29, 1.82) is 0 Å². The van der Waals surface area contributed by atoms with Crippen LogP contribution in [0.25, 0.3) is 0 Å². The normalized spacial score (nSPS) is 18.2. The average molecular weight is 300 g/mol. The van der Waals surface area contributed by atoms with Gasteiger partial charge in [-0.25, -0.2) is 0 Å². The summed E-state index contributed by atoms with van der Waals surface area (Å²) in [5.41, 5.74) is 0. The Labute approximate surface area is 94.9 Å². The Hall–Kier alpha value is 0.650. The van der Waals surface area contributed by atoms with Gasteiger partial charge in [-0.15, -0.1) is 0 Å². The molecule has 2 N–H and O–H groups in total. The lowest BCUT2D eigenvalue weighted by molar-refractivity contribution is 0.0835. The van der Waals surface area contributed by atoms with E-state index in [1.54, 1.807) is 6.92 Å². The van der Waals surface area contributed by atoms with Crippen LogP contribution in [0.2, 0.25) is 0 Å². The lowest BCUT2D eigenvalue weighted by Gasteiger charge is -2.13. The number of alkyl halides is 1. The zero-order chi connectivity index (χ0) is 10.3. The molecule has 0 aliphatic heterocycles. The number of aliphatic hydroxyl groups excluding tert-OH is 2. The third-order valence-electron chi connectivity index (χ3n) is 2.11. The van der Waals surface area contributed by atoms with E-state index in [1.807, 2.05) is 0 Å². The van der Waals surface area contributed by atoms with Crippen LogP contribution < -0.4 is 0 Å². The van der Waals surface area contributed by atoms with Crippen molar-refractivity contribution in [3.63, 3.8) is 0 Å². The van der Waals surface area contributed by atoms with Gasteiger partial charge < -0.3 is 10.2 Å². The van der Waals surface area contributed by atoms with E-state index in [0.29, 0.717) is 6.42 Å². The molecule has 0 rings (SSSR count). The molecule has 0 aliphatic rings. The smallest absolute Gasteiger partial charge is 0.0564 e. The second-order valence-electron chi connectivity index (χ2n) is 3.67.